The van der Waals surface area contributed by atoms with E-state index in [1.54, 1.807) is 0 Å². The molecule has 0 amide bonds. The topological polar surface area (TPSA) is 59.9 Å². The van der Waals surface area contributed by atoms with E-state index in [9.17, 15) is 0 Å². The van der Waals surface area contributed by atoms with E-state index < -0.39 is 0 Å². The maximum atomic E-state index is 5.81. The summed E-state index contributed by atoms with van der Waals surface area (Å²) in [5, 5.41) is 3.37. The molecule has 1 N–H and O–H groups in total. The van der Waals surface area contributed by atoms with Gasteiger partial charge >= 0.3 is 6.01 Å². The van der Waals surface area contributed by atoms with Crippen LogP contribution < -0.4 is 10.1 Å². The van der Waals surface area contributed by atoms with Crippen LogP contribution in [0.3, 0.4) is 0 Å². The summed E-state index contributed by atoms with van der Waals surface area (Å²) in [7, 11) is 0. The van der Waals surface area contributed by atoms with E-state index in [4.69, 9.17) is 16.3 Å². The summed E-state index contributed by atoms with van der Waals surface area (Å²) in [6.45, 7) is 8.68. The van der Waals surface area contributed by atoms with Crippen molar-refractivity contribution in [3.63, 3.8) is 0 Å². The summed E-state index contributed by atoms with van der Waals surface area (Å²) >= 11 is 5.81. The van der Waals surface area contributed by atoms with Gasteiger partial charge in [-0.05, 0) is 38.8 Å². The average molecular weight is 259 g/mol. The zero-order valence-electron chi connectivity index (χ0n) is 10.7. The third kappa shape index (κ3) is 4.73. The third-order valence-electron chi connectivity index (χ3n) is 2.19. The Bertz CT molecular complexity index is 370. The lowest BCUT2D eigenvalue weighted by atomic mass is 9.99. The molecule has 0 bridgehead atoms. The van der Waals surface area contributed by atoms with Crippen molar-refractivity contribution in [3.8, 4) is 6.01 Å². The second-order valence-electron chi connectivity index (χ2n) is 4.40. The molecule has 5 nitrogen and oxygen atoms in total. The van der Waals surface area contributed by atoms with Gasteiger partial charge in [-0.25, -0.2) is 0 Å². The zero-order chi connectivity index (χ0) is 12.9. The molecule has 0 aliphatic carbocycles. The summed E-state index contributed by atoms with van der Waals surface area (Å²) in [6.07, 6.45) is 2.09. The summed E-state index contributed by atoms with van der Waals surface area (Å²) in [5.74, 6) is 0.451. The first kappa shape index (κ1) is 14.0. The predicted molar refractivity (Wildman–Crippen MR) is 68.6 cm³/mol. The van der Waals surface area contributed by atoms with Gasteiger partial charge in [0.2, 0.25) is 11.2 Å². The normalized spacial score (nSPS) is 11.4. The molecule has 0 aliphatic rings. The van der Waals surface area contributed by atoms with Crippen molar-refractivity contribution in [1.82, 2.24) is 15.0 Å². The zero-order valence-corrected chi connectivity index (χ0v) is 11.5. The van der Waals surface area contributed by atoms with Gasteiger partial charge in [0.1, 0.15) is 0 Å². The van der Waals surface area contributed by atoms with Crippen LogP contribution in [-0.4, -0.2) is 27.1 Å². The monoisotopic (exact) mass is 258 g/mol. The maximum absolute atomic E-state index is 5.81. The number of hydrogen-bond donors (Lipinski definition) is 1. The number of nitrogens with zero attached hydrogens (tertiary/aromatic N) is 3. The Labute approximate surface area is 107 Å². The molecule has 96 valence electrons. The highest BCUT2D eigenvalue weighted by atomic mass is 35.5. The highest BCUT2D eigenvalue weighted by Crippen LogP contribution is 2.19. The van der Waals surface area contributed by atoms with Gasteiger partial charge in [0.05, 0.1) is 6.61 Å². The molecule has 0 aliphatic heterocycles. The second-order valence-corrected chi connectivity index (χ2v) is 4.74. The third-order valence-corrected chi connectivity index (χ3v) is 2.36. The van der Waals surface area contributed by atoms with Crippen LogP contribution in [0.25, 0.3) is 0 Å². The molecule has 0 unspecified atom stereocenters. The fraction of sp³-hybridized carbons (Fsp3) is 0.727. The summed E-state index contributed by atoms with van der Waals surface area (Å²) in [4.78, 5) is 12.1. The molecule has 0 saturated carbocycles. The van der Waals surface area contributed by atoms with Gasteiger partial charge in [-0.2, -0.15) is 15.0 Å². The number of nitrogens with one attached hydrogen (secondary N) is 1. The molecule has 1 heterocycles. The first-order valence-corrected chi connectivity index (χ1v) is 6.17. The Kier molecular flexibility index (Phi) is 4.93. The molecular weight excluding hydrogens is 240 g/mol. The van der Waals surface area contributed by atoms with Crippen LogP contribution >= 0.6 is 11.6 Å². The van der Waals surface area contributed by atoms with Crippen LogP contribution in [0, 0.1) is 0 Å². The Balaban J connectivity index is 2.83. The highest BCUT2D eigenvalue weighted by molar-refractivity contribution is 6.28. The Hall–Kier alpha value is -1.10. The summed E-state index contributed by atoms with van der Waals surface area (Å²) in [5.41, 5.74) is -0.0804. The van der Waals surface area contributed by atoms with E-state index >= 15 is 0 Å². The number of halogens is 1. The fourth-order valence-corrected chi connectivity index (χ4v) is 1.72. The minimum absolute atomic E-state index is 0.0804. The first-order chi connectivity index (χ1) is 7.96. The van der Waals surface area contributed by atoms with Crippen LogP contribution in [0.15, 0.2) is 0 Å². The fourth-order valence-electron chi connectivity index (χ4n) is 1.57. The van der Waals surface area contributed by atoms with Crippen molar-refractivity contribution < 1.29 is 4.74 Å². The van der Waals surface area contributed by atoms with E-state index in [0.717, 1.165) is 12.8 Å². The lowest BCUT2D eigenvalue weighted by Crippen LogP contribution is -2.31. The molecule has 17 heavy (non-hydrogen) atoms. The summed E-state index contributed by atoms with van der Waals surface area (Å²) in [6, 6.07) is 0.252. The van der Waals surface area contributed by atoms with Crippen molar-refractivity contribution in [2.45, 2.75) is 46.1 Å². The van der Waals surface area contributed by atoms with E-state index in [2.05, 4.69) is 41.0 Å². The van der Waals surface area contributed by atoms with Gasteiger partial charge < -0.3 is 10.1 Å². The molecular formula is C11H19ClN4O. The van der Waals surface area contributed by atoms with Gasteiger partial charge in [-0.3, -0.25) is 0 Å². The van der Waals surface area contributed by atoms with E-state index in [1.165, 1.54) is 0 Å². The van der Waals surface area contributed by atoms with Crippen molar-refractivity contribution in [3.05, 3.63) is 5.28 Å². The van der Waals surface area contributed by atoms with Crippen molar-refractivity contribution >= 4 is 17.5 Å². The van der Waals surface area contributed by atoms with Gasteiger partial charge in [-0.1, -0.05) is 13.3 Å². The first-order valence-electron chi connectivity index (χ1n) is 5.79. The smallest absolute Gasteiger partial charge is 0.322 e. The molecule has 0 atom stereocenters. The van der Waals surface area contributed by atoms with Gasteiger partial charge in [0.15, 0.2) is 0 Å². The molecule has 0 saturated heterocycles. The number of rotatable bonds is 6. The standard InChI is InChI=1S/C11H19ClN4O/c1-5-7-11(3,4)16-9-13-8(12)14-10(15-9)17-6-2/h5-7H2,1-4H3,(H,13,14,15,16). The average Bonchev–Trinajstić information content (AvgIpc) is 2.15. The Morgan fingerprint density at radius 1 is 1.24 bits per heavy atom. The minimum atomic E-state index is -0.0804. The molecule has 0 radical (unpaired) electrons. The molecule has 6 heteroatoms. The van der Waals surface area contributed by atoms with Crippen LogP contribution in [0.2, 0.25) is 5.28 Å². The molecule has 0 aromatic carbocycles. The van der Waals surface area contributed by atoms with Gasteiger partial charge in [0.25, 0.3) is 0 Å². The maximum Gasteiger partial charge on any atom is 0.322 e. The van der Waals surface area contributed by atoms with Crippen LogP contribution in [0.5, 0.6) is 6.01 Å². The largest absolute Gasteiger partial charge is 0.464 e. The molecule has 1 aromatic rings. The molecule has 0 spiro atoms. The lowest BCUT2D eigenvalue weighted by Gasteiger charge is -2.25. The van der Waals surface area contributed by atoms with E-state index in [1.807, 2.05) is 6.92 Å². The minimum Gasteiger partial charge on any atom is -0.464 e. The number of anilines is 1. The second kappa shape index (κ2) is 6.00. The van der Waals surface area contributed by atoms with Crippen LogP contribution in [0.1, 0.15) is 40.5 Å². The quantitative estimate of drug-likeness (QED) is 0.850. The molecule has 0 fully saturated rings. The van der Waals surface area contributed by atoms with Crippen molar-refractivity contribution in [2.75, 3.05) is 11.9 Å². The van der Waals surface area contributed by atoms with Crippen LogP contribution in [-0.2, 0) is 0 Å². The predicted octanol–water partition coefficient (Wildman–Crippen LogP) is 2.91. The highest BCUT2D eigenvalue weighted by Gasteiger charge is 2.18. The van der Waals surface area contributed by atoms with Gasteiger partial charge in [-0.15, -0.1) is 0 Å². The van der Waals surface area contributed by atoms with Crippen LogP contribution in [0.4, 0.5) is 5.95 Å². The van der Waals surface area contributed by atoms with Crippen molar-refractivity contribution in [2.24, 2.45) is 0 Å². The van der Waals surface area contributed by atoms with E-state index in [-0.39, 0.29) is 16.8 Å². The Morgan fingerprint density at radius 2 is 1.94 bits per heavy atom. The Morgan fingerprint density at radius 3 is 2.53 bits per heavy atom. The summed E-state index contributed by atoms with van der Waals surface area (Å²) < 4.78 is 5.22. The van der Waals surface area contributed by atoms with Crippen molar-refractivity contribution in [1.29, 1.82) is 0 Å². The lowest BCUT2D eigenvalue weighted by molar-refractivity contribution is 0.311. The molecule has 1 aromatic heterocycles. The molecule has 1 rings (SSSR count). The number of hydrogen-bond acceptors (Lipinski definition) is 5. The number of aromatic nitrogens is 3. The number of ether oxygens (including phenoxy) is 1. The van der Waals surface area contributed by atoms with Gasteiger partial charge in [0, 0.05) is 5.54 Å². The SMILES string of the molecule is CCCC(C)(C)Nc1nc(Cl)nc(OCC)n1. The van der Waals surface area contributed by atoms with E-state index in [0.29, 0.717) is 12.6 Å².